The van der Waals surface area contributed by atoms with Crippen molar-refractivity contribution in [2.24, 2.45) is 5.73 Å². The van der Waals surface area contributed by atoms with Crippen LogP contribution < -0.4 is 10.2 Å². The molecule has 1 rings (SSSR count). The Hall–Kier alpha value is -0.332. The van der Waals surface area contributed by atoms with Gasteiger partial charge in [-0.1, -0.05) is 0 Å². The summed E-state index contributed by atoms with van der Waals surface area (Å²) in [5.74, 6) is 0. The molecule has 0 fully saturated rings. The van der Waals surface area contributed by atoms with E-state index in [1.165, 1.54) is 16.9 Å². The van der Waals surface area contributed by atoms with Gasteiger partial charge in [-0.25, -0.2) is 0 Å². The van der Waals surface area contributed by atoms with Crippen molar-refractivity contribution >= 4 is 21.3 Å². The molecule has 1 aromatic heterocycles. The van der Waals surface area contributed by atoms with E-state index in [0.717, 1.165) is 10.0 Å². The van der Waals surface area contributed by atoms with E-state index in [2.05, 4.69) is 4.98 Å². The number of nitrogens with two attached hydrogens (primary N) is 1. The van der Waals surface area contributed by atoms with Gasteiger partial charge in [-0.05, 0) is 0 Å². The Balaban J connectivity index is 2.88. The van der Waals surface area contributed by atoms with Gasteiger partial charge in [-0.15, -0.1) is 0 Å². The number of rotatable bonds is 1. The summed E-state index contributed by atoms with van der Waals surface area (Å²) in [4.78, 5) is 4.10. The molecule has 0 aromatic carbocycles. The van der Waals surface area contributed by atoms with E-state index < -0.39 is 0 Å². The fourth-order valence-corrected chi connectivity index (χ4v) is 0.915. The van der Waals surface area contributed by atoms with Crippen LogP contribution in [0.25, 0.3) is 0 Å². The van der Waals surface area contributed by atoms with Gasteiger partial charge >= 0.3 is 62.5 Å². The van der Waals surface area contributed by atoms with Gasteiger partial charge in [0.1, 0.15) is 0 Å². The van der Waals surface area contributed by atoms with Crippen molar-refractivity contribution < 1.29 is 0 Å². The first-order chi connectivity index (χ1) is 4.33. The van der Waals surface area contributed by atoms with Crippen molar-refractivity contribution in [3.05, 3.63) is 23.9 Å². The topological polar surface area (TPSA) is 38.9 Å². The van der Waals surface area contributed by atoms with Crippen LogP contribution in [-0.4, -0.2) is 21.8 Å². The fraction of sp³-hybridized carbons (Fsp3) is 0.167. The molecule has 0 radical (unpaired) electrons. The number of aromatic nitrogens is 1. The molecule has 0 spiro atoms. The molecule has 0 bridgehead atoms. The minimum absolute atomic E-state index is 0.584. The zero-order chi connectivity index (χ0) is 6.69. The Labute approximate surface area is 63.0 Å². The maximum atomic E-state index is 5.36. The summed E-state index contributed by atoms with van der Waals surface area (Å²) in [6.07, 6.45) is 1.82. The first kappa shape index (κ1) is 6.78. The van der Waals surface area contributed by atoms with Crippen molar-refractivity contribution in [2.75, 3.05) is 0 Å². The van der Waals surface area contributed by atoms with Crippen LogP contribution >= 0.6 is 0 Å². The summed E-state index contributed by atoms with van der Waals surface area (Å²) in [7, 11) is 0. The van der Waals surface area contributed by atoms with E-state index in [4.69, 9.17) is 5.73 Å². The molecule has 9 heavy (non-hydrogen) atoms. The standard InChI is InChI=1S/C6H9AsN2/c7-6-2-1-5(3-8)4-9-6/h1-2,4H,3,7-8H2. The Morgan fingerprint density at radius 1 is 1.56 bits per heavy atom. The zero-order valence-electron chi connectivity index (χ0n) is 5.04. The number of nitrogens with zero attached hydrogens (tertiary/aromatic N) is 1. The molecule has 3 heteroatoms. The number of hydrogen-bond donors (Lipinski definition) is 1. The summed E-state index contributed by atoms with van der Waals surface area (Å²) in [6.45, 7) is 0.584. The summed E-state index contributed by atoms with van der Waals surface area (Å²) in [5, 5.41) is 0. The van der Waals surface area contributed by atoms with Crippen molar-refractivity contribution in [3.63, 3.8) is 0 Å². The van der Waals surface area contributed by atoms with Crippen LogP contribution in [-0.2, 0) is 6.54 Å². The normalized spacial score (nSPS) is 9.56. The third kappa shape index (κ3) is 1.81. The monoisotopic (exact) mass is 184 g/mol. The Bertz CT molecular complexity index is 183. The summed E-state index contributed by atoms with van der Waals surface area (Å²) >= 11 is 1.54. The number of pyridine rings is 1. The van der Waals surface area contributed by atoms with Crippen LogP contribution in [0.3, 0.4) is 0 Å². The molecule has 1 unspecified atom stereocenters. The second kappa shape index (κ2) is 3.00. The van der Waals surface area contributed by atoms with Gasteiger partial charge in [-0.3, -0.25) is 0 Å². The minimum atomic E-state index is 0.584. The van der Waals surface area contributed by atoms with Gasteiger partial charge in [0.25, 0.3) is 0 Å². The maximum absolute atomic E-state index is 5.36. The molecule has 0 aliphatic heterocycles. The first-order valence-electron chi connectivity index (χ1n) is 2.73. The first-order valence-corrected chi connectivity index (χ1v) is 3.94. The average Bonchev–Trinajstić information content (AvgIpc) is 1.90. The van der Waals surface area contributed by atoms with Crippen molar-refractivity contribution in [3.8, 4) is 0 Å². The Morgan fingerprint density at radius 3 is 2.78 bits per heavy atom. The van der Waals surface area contributed by atoms with Crippen LogP contribution in [0.15, 0.2) is 18.3 Å². The van der Waals surface area contributed by atoms with Crippen LogP contribution in [0.2, 0.25) is 0 Å². The van der Waals surface area contributed by atoms with Crippen molar-refractivity contribution in [1.82, 2.24) is 4.98 Å². The quantitative estimate of drug-likeness (QED) is 0.557. The van der Waals surface area contributed by atoms with E-state index in [9.17, 15) is 0 Å². The fourth-order valence-electron chi connectivity index (χ4n) is 0.557. The molecule has 48 valence electrons. The molecule has 1 atom stereocenters. The molecular formula is C6H9AsN2. The molecule has 0 amide bonds. The van der Waals surface area contributed by atoms with Crippen molar-refractivity contribution in [2.45, 2.75) is 6.54 Å². The van der Waals surface area contributed by atoms with Crippen LogP contribution in [0, 0.1) is 0 Å². The molecule has 2 nitrogen and oxygen atoms in total. The Kier molecular flexibility index (Phi) is 2.26. The van der Waals surface area contributed by atoms with Gasteiger partial charge in [-0.2, -0.15) is 0 Å². The van der Waals surface area contributed by atoms with Crippen LogP contribution in [0.4, 0.5) is 0 Å². The molecule has 0 aliphatic carbocycles. The van der Waals surface area contributed by atoms with Gasteiger partial charge in [0.05, 0.1) is 0 Å². The second-order valence-corrected chi connectivity index (χ2v) is 3.04. The van der Waals surface area contributed by atoms with E-state index in [1.807, 2.05) is 18.3 Å². The summed E-state index contributed by atoms with van der Waals surface area (Å²) < 4.78 is 1.10. The predicted molar refractivity (Wildman–Crippen MR) is 40.3 cm³/mol. The molecule has 1 aromatic rings. The molecule has 2 N–H and O–H groups in total. The van der Waals surface area contributed by atoms with Crippen molar-refractivity contribution in [1.29, 1.82) is 0 Å². The van der Waals surface area contributed by atoms with E-state index >= 15 is 0 Å². The predicted octanol–water partition coefficient (Wildman–Crippen LogP) is -1.20. The third-order valence-corrected chi connectivity index (χ3v) is 1.80. The summed E-state index contributed by atoms with van der Waals surface area (Å²) in [6, 6.07) is 3.99. The van der Waals surface area contributed by atoms with E-state index in [-0.39, 0.29) is 0 Å². The van der Waals surface area contributed by atoms with Crippen LogP contribution in [0.1, 0.15) is 5.56 Å². The average molecular weight is 184 g/mol. The number of hydrogen-bond acceptors (Lipinski definition) is 2. The molecular weight excluding hydrogens is 175 g/mol. The molecule has 0 saturated heterocycles. The van der Waals surface area contributed by atoms with Gasteiger partial charge in [0, 0.05) is 0 Å². The summed E-state index contributed by atoms with van der Waals surface area (Å²) in [5.41, 5.74) is 6.46. The van der Waals surface area contributed by atoms with Gasteiger partial charge in [0.15, 0.2) is 0 Å². The van der Waals surface area contributed by atoms with E-state index in [0.29, 0.717) is 6.54 Å². The zero-order valence-corrected chi connectivity index (χ0v) is 7.46. The van der Waals surface area contributed by atoms with E-state index in [1.54, 1.807) is 0 Å². The van der Waals surface area contributed by atoms with Gasteiger partial charge < -0.3 is 0 Å². The second-order valence-electron chi connectivity index (χ2n) is 1.80. The van der Waals surface area contributed by atoms with Crippen LogP contribution in [0.5, 0.6) is 0 Å². The Morgan fingerprint density at radius 2 is 2.33 bits per heavy atom. The molecule has 0 aliphatic rings. The third-order valence-electron chi connectivity index (χ3n) is 1.08. The molecule has 0 saturated carbocycles. The van der Waals surface area contributed by atoms with Gasteiger partial charge in [0.2, 0.25) is 0 Å². The molecule has 1 heterocycles. The SMILES string of the molecule is NCc1ccc([AsH2])nc1.